The number of alkyl halides is 3. The van der Waals surface area contributed by atoms with Crippen molar-refractivity contribution in [2.75, 3.05) is 64.4 Å². The van der Waals surface area contributed by atoms with Crippen LogP contribution in [0.2, 0.25) is 0 Å². The van der Waals surface area contributed by atoms with Crippen molar-refractivity contribution in [2.45, 2.75) is 50.6 Å². The fourth-order valence-electron chi connectivity index (χ4n) is 7.27. The highest BCUT2D eigenvalue weighted by atomic mass is 19.4. The number of esters is 1. The summed E-state index contributed by atoms with van der Waals surface area (Å²) in [5.74, 6) is -0.710. The predicted molar refractivity (Wildman–Crippen MR) is 166 cm³/mol. The van der Waals surface area contributed by atoms with Crippen LogP contribution in [0.25, 0.3) is 0 Å². The molecule has 2 atom stereocenters. The Bertz CT molecular complexity index is 1390. The summed E-state index contributed by atoms with van der Waals surface area (Å²) >= 11 is 0. The van der Waals surface area contributed by atoms with Crippen LogP contribution < -0.4 is 15.4 Å². The van der Waals surface area contributed by atoms with Gasteiger partial charge in [-0.15, -0.1) is 0 Å². The van der Waals surface area contributed by atoms with Crippen molar-refractivity contribution < 1.29 is 37.0 Å². The molecule has 5 rings (SSSR count). The number of methoxy groups -OCH3 is 1. The number of piperidine rings is 2. The quantitative estimate of drug-likeness (QED) is 0.404. The molecule has 3 heterocycles. The van der Waals surface area contributed by atoms with E-state index in [1.807, 2.05) is 39.0 Å². The van der Waals surface area contributed by atoms with Gasteiger partial charge in [0.15, 0.2) is 0 Å². The number of benzene rings is 2. The van der Waals surface area contributed by atoms with Gasteiger partial charge in [-0.05, 0) is 73.9 Å². The molecule has 2 aromatic rings. The number of nitrogens with zero attached hydrogens (tertiary/aromatic N) is 3. The molecule has 46 heavy (non-hydrogen) atoms. The SMILES string of the molecule is CCOC(=O)C1CCN(c2cc(C(F)(F)F)ccc2C2CCN(C(=O)[C@@H]3CN(CC(N)=O)C[C@H]3c3ccc(OC)cc3)CC2)CC1. The minimum Gasteiger partial charge on any atom is -0.497 e. The normalized spacial score (nSPS) is 21.8. The van der Waals surface area contributed by atoms with Gasteiger partial charge in [-0.25, -0.2) is 0 Å². The summed E-state index contributed by atoms with van der Waals surface area (Å²) in [4.78, 5) is 43.7. The molecule has 0 spiro atoms. The summed E-state index contributed by atoms with van der Waals surface area (Å²) in [6, 6.07) is 11.6. The van der Waals surface area contributed by atoms with E-state index >= 15 is 0 Å². The smallest absolute Gasteiger partial charge is 0.416 e. The molecule has 9 nitrogen and oxygen atoms in total. The molecular weight excluding hydrogens is 601 g/mol. The summed E-state index contributed by atoms with van der Waals surface area (Å²) in [5, 5.41) is 0. The second-order valence-corrected chi connectivity index (χ2v) is 12.5. The van der Waals surface area contributed by atoms with Crippen LogP contribution in [0, 0.1) is 11.8 Å². The Morgan fingerprint density at radius 2 is 1.61 bits per heavy atom. The average Bonchev–Trinajstić information content (AvgIpc) is 3.47. The molecule has 3 saturated heterocycles. The number of primary amides is 1. The summed E-state index contributed by atoms with van der Waals surface area (Å²) in [7, 11) is 1.59. The van der Waals surface area contributed by atoms with Crippen LogP contribution in [-0.4, -0.2) is 87.1 Å². The number of halogens is 3. The molecule has 3 aliphatic heterocycles. The molecule has 3 aliphatic rings. The van der Waals surface area contributed by atoms with Gasteiger partial charge in [-0.3, -0.25) is 19.3 Å². The third-order valence-corrected chi connectivity index (χ3v) is 9.70. The van der Waals surface area contributed by atoms with Crippen LogP contribution in [0.5, 0.6) is 5.75 Å². The zero-order valence-electron chi connectivity index (χ0n) is 26.4. The first kappa shape index (κ1) is 33.6. The minimum atomic E-state index is -4.48. The average molecular weight is 645 g/mol. The zero-order chi connectivity index (χ0) is 33.0. The van der Waals surface area contributed by atoms with Gasteiger partial charge in [0, 0.05) is 50.9 Å². The van der Waals surface area contributed by atoms with Gasteiger partial charge in [0.05, 0.1) is 37.7 Å². The van der Waals surface area contributed by atoms with E-state index < -0.39 is 17.6 Å². The van der Waals surface area contributed by atoms with E-state index in [1.165, 1.54) is 6.07 Å². The van der Waals surface area contributed by atoms with Gasteiger partial charge < -0.3 is 25.0 Å². The van der Waals surface area contributed by atoms with Crippen LogP contribution in [-0.2, 0) is 25.3 Å². The number of amides is 2. The molecule has 12 heteroatoms. The predicted octanol–water partition coefficient (Wildman–Crippen LogP) is 4.40. The van der Waals surface area contributed by atoms with Crippen molar-refractivity contribution in [1.29, 1.82) is 0 Å². The number of hydrogen-bond donors (Lipinski definition) is 1. The first-order chi connectivity index (χ1) is 22.0. The number of carbonyl (C=O) groups excluding carboxylic acids is 3. The van der Waals surface area contributed by atoms with Gasteiger partial charge in [0.25, 0.3) is 0 Å². The monoisotopic (exact) mass is 644 g/mol. The second kappa shape index (κ2) is 14.3. The van der Waals surface area contributed by atoms with E-state index in [2.05, 4.69) is 0 Å². The van der Waals surface area contributed by atoms with Crippen molar-refractivity contribution in [2.24, 2.45) is 17.6 Å². The lowest BCUT2D eigenvalue weighted by molar-refractivity contribution is -0.148. The Kier molecular flexibility index (Phi) is 10.4. The standard InChI is InChI=1S/C34H43F3N4O5/c1-3-46-33(44)24-12-14-40(15-13-24)30-18-25(34(35,36)37)6-9-27(30)23-10-16-41(17-11-23)32(43)29-20-39(21-31(38)42)19-28(29)22-4-7-26(45-2)8-5-22/h4-9,18,23-24,28-29H,3,10-17,19-21H2,1-2H3,(H2,38,42)/t28-,29+/m0/s1. The van der Waals surface area contributed by atoms with E-state index in [0.717, 1.165) is 17.2 Å². The van der Waals surface area contributed by atoms with E-state index in [-0.39, 0.29) is 42.1 Å². The molecule has 250 valence electrons. The molecule has 0 aromatic heterocycles. The number of carbonyl (C=O) groups is 3. The Labute approximate surface area is 267 Å². The number of hydrogen-bond acceptors (Lipinski definition) is 7. The van der Waals surface area contributed by atoms with Crippen molar-refractivity contribution in [1.82, 2.24) is 9.80 Å². The van der Waals surface area contributed by atoms with E-state index in [9.17, 15) is 27.6 Å². The molecule has 2 N–H and O–H groups in total. The summed E-state index contributed by atoms with van der Waals surface area (Å²) in [5.41, 5.74) is 7.17. The van der Waals surface area contributed by atoms with Crippen LogP contribution in [0.15, 0.2) is 42.5 Å². The van der Waals surface area contributed by atoms with E-state index in [0.29, 0.717) is 83.0 Å². The molecule has 0 bridgehead atoms. The van der Waals surface area contributed by atoms with Crippen molar-refractivity contribution in [3.05, 3.63) is 59.2 Å². The van der Waals surface area contributed by atoms with Crippen molar-refractivity contribution in [3.63, 3.8) is 0 Å². The molecule has 3 fully saturated rings. The summed E-state index contributed by atoms with van der Waals surface area (Å²) in [6.45, 7) is 4.97. The number of anilines is 1. The van der Waals surface area contributed by atoms with Crippen LogP contribution >= 0.6 is 0 Å². The van der Waals surface area contributed by atoms with Gasteiger partial charge >= 0.3 is 12.1 Å². The van der Waals surface area contributed by atoms with E-state index in [4.69, 9.17) is 15.2 Å². The van der Waals surface area contributed by atoms with Gasteiger partial charge in [-0.1, -0.05) is 18.2 Å². The maximum Gasteiger partial charge on any atom is 0.416 e. The van der Waals surface area contributed by atoms with Crippen LogP contribution in [0.1, 0.15) is 61.1 Å². The minimum absolute atomic E-state index is 0.0138. The fourth-order valence-corrected chi connectivity index (χ4v) is 7.27. The first-order valence-corrected chi connectivity index (χ1v) is 16.0. The first-order valence-electron chi connectivity index (χ1n) is 16.0. The third kappa shape index (κ3) is 7.59. The molecule has 0 radical (unpaired) electrons. The van der Waals surface area contributed by atoms with Crippen LogP contribution in [0.4, 0.5) is 18.9 Å². The van der Waals surface area contributed by atoms with Crippen molar-refractivity contribution >= 4 is 23.5 Å². The number of nitrogens with two attached hydrogens (primary N) is 1. The second-order valence-electron chi connectivity index (χ2n) is 12.5. The van der Waals surface area contributed by atoms with Gasteiger partial charge in [-0.2, -0.15) is 13.2 Å². The Morgan fingerprint density at radius 1 is 0.935 bits per heavy atom. The van der Waals surface area contributed by atoms with Gasteiger partial charge in [0.1, 0.15) is 5.75 Å². The van der Waals surface area contributed by atoms with Gasteiger partial charge in [0.2, 0.25) is 11.8 Å². The molecule has 2 aromatic carbocycles. The molecule has 0 unspecified atom stereocenters. The highest BCUT2D eigenvalue weighted by molar-refractivity contribution is 5.81. The van der Waals surface area contributed by atoms with E-state index in [1.54, 1.807) is 20.1 Å². The lowest BCUT2D eigenvalue weighted by atomic mass is 9.84. The third-order valence-electron chi connectivity index (χ3n) is 9.70. The highest BCUT2D eigenvalue weighted by Crippen LogP contribution is 2.41. The fraction of sp³-hybridized carbons (Fsp3) is 0.559. The topological polar surface area (TPSA) is 105 Å². The lowest BCUT2D eigenvalue weighted by Gasteiger charge is -2.38. The number of likely N-dealkylation sites (tertiary alicyclic amines) is 2. The number of ether oxygens (including phenoxy) is 2. The molecule has 2 amide bonds. The molecule has 0 aliphatic carbocycles. The Hall–Kier alpha value is -3.80. The highest BCUT2D eigenvalue weighted by Gasteiger charge is 2.42. The zero-order valence-corrected chi connectivity index (χ0v) is 26.4. The molecule has 0 saturated carbocycles. The molecular formula is C34H43F3N4O5. The van der Waals surface area contributed by atoms with Crippen molar-refractivity contribution in [3.8, 4) is 5.75 Å². The lowest BCUT2D eigenvalue weighted by Crippen LogP contribution is -2.43. The number of rotatable bonds is 9. The summed E-state index contributed by atoms with van der Waals surface area (Å²) in [6.07, 6.45) is -2.20. The Morgan fingerprint density at radius 3 is 2.20 bits per heavy atom. The maximum atomic E-state index is 14.0. The summed E-state index contributed by atoms with van der Waals surface area (Å²) < 4.78 is 51.8. The Balaban J connectivity index is 1.30. The largest absolute Gasteiger partial charge is 0.497 e. The maximum absolute atomic E-state index is 14.0. The van der Waals surface area contributed by atoms with Crippen LogP contribution in [0.3, 0.4) is 0 Å².